The topological polar surface area (TPSA) is 63.7 Å². The second-order valence-electron chi connectivity index (χ2n) is 5.45. The zero-order chi connectivity index (χ0) is 13.3. The molecule has 0 aliphatic carbocycles. The molecule has 0 bridgehead atoms. The van der Waals surface area contributed by atoms with E-state index in [9.17, 15) is 13.2 Å². The molecule has 17 heavy (non-hydrogen) atoms. The van der Waals surface area contributed by atoms with Crippen molar-refractivity contribution < 1.29 is 17.9 Å². The van der Waals surface area contributed by atoms with E-state index in [1.165, 1.54) is 0 Å². The predicted molar refractivity (Wildman–Crippen MR) is 65.5 cm³/mol. The van der Waals surface area contributed by atoms with Crippen LogP contribution in [0.5, 0.6) is 0 Å². The largest absolute Gasteiger partial charge is 0.366 e. The van der Waals surface area contributed by atoms with Crippen LogP contribution in [0.15, 0.2) is 0 Å². The van der Waals surface area contributed by atoms with Gasteiger partial charge in [-0.25, -0.2) is 8.42 Å². The number of carbonyl (C=O) groups is 1. The molecule has 1 heterocycles. The molecule has 100 valence electrons. The Morgan fingerprint density at radius 1 is 1.41 bits per heavy atom. The SMILES string of the molecule is CC1CS(=O)(=O)CCN1C(=O)COC(C)(C)C. The smallest absolute Gasteiger partial charge is 0.248 e. The van der Waals surface area contributed by atoms with Gasteiger partial charge in [-0.1, -0.05) is 0 Å². The molecule has 1 amide bonds. The molecule has 0 radical (unpaired) electrons. The van der Waals surface area contributed by atoms with Gasteiger partial charge in [-0.3, -0.25) is 4.79 Å². The van der Waals surface area contributed by atoms with Crippen molar-refractivity contribution in [3.05, 3.63) is 0 Å². The van der Waals surface area contributed by atoms with Crippen LogP contribution in [-0.4, -0.2) is 55.5 Å². The van der Waals surface area contributed by atoms with E-state index in [1.807, 2.05) is 20.8 Å². The number of hydrogen-bond donors (Lipinski definition) is 0. The number of rotatable bonds is 2. The highest BCUT2D eigenvalue weighted by molar-refractivity contribution is 7.91. The highest BCUT2D eigenvalue weighted by Crippen LogP contribution is 2.13. The molecule has 6 heteroatoms. The van der Waals surface area contributed by atoms with E-state index in [-0.39, 0.29) is 42.2 Å². The number of amides is 1. The van der Waals surface area contributed by atoms with Crippen molar-refractivity contribution in [3.63, 3.8) is 0 Å². The maximum absolute atomic E-state index is 11.9. The molecule has 5 nitrogen and oxygen atoms in total. The third-order valence-corrected chi connectivity index (χ3v) is 4.41. The molecule has 1 aliphatic heterocycles. The van der Waals surface area contributed by atoms with Crippen molar-refractivity contribution in [2.75, 3.05) is 24.7 Å². The highest BCUT2D eigenvalue weighted by atomic mass is 32.2. The van der Waals surface area contributed by atoms with Gasteiger partial charge in [0.15, 0.2) is 9.84 Å². The lowest BCUT2D eigenvalue weighted by molar-refractivity contribution is -0.142. The van der Waals surface area contributed by atoms with Crippen LogP contribution in [0.4, 0.5) is 0 Å². The van der Waals surface area contributed by atoms with Crippen molar-refractivity contribution in [2.24, 2.45) is 0 Å². The molecule has 1 rings (SSSR count). The summed E-state index contributed by atoms with van der Waals surface area (Å²) in [6.07, 6.45) is 0. The van der Waals surface area contributed by atoms with Crippen LogP contribution in [0.2, 0.25) is 0 Å². The molecular weight excluding hydrogens is 242 g/mol. The van der Waals surface area contributed by atoms with Gasteiger partial charge >= 0.3 is 0 Å². The third-order valence-electron chi connectivity index (χ3n) is 2.62. The minimum absolute atomic E-state index is 0.00783. The Kier molecular flexibility index (Phi) is 4.19. The molecular formula is C11H21NO4S. The maximum Gasteiger partial charge on any atom is 0.248 e. The average Bonchev–Trinajstić information content (AvgIpc) is 2.11. The summed E-state index contributed by atoms with van der Waals surface area (Å²) in [7, 11) is -2.98. The molecule has 1 saturated heterocycles. The first-order chi connectivity index (χ1) is 7.61. The summed E-state index contributed by atoms with van der Waals surface area (Å²) < 4.78 is 28.2. The van der Waals surface area contributed by atoms with Gasteiger partial charge in [0.25, 0.3) is 0 Å². The summed E-state index contributed by atoms with van der Waals surface area (Å²) >= 11 is 0. The molecule has 0 aromatic heterocycles. The predicted octanol–water partition coefficient (Wildman–Crippen LogP) is 0.447. The Morgan fingerprint density at radius 2 is 2.00 bits per heavy atom. The van der Waals surface area contributed by atoms with E-state index in [0.717, 1.165) is 0 Å². The molecule has 1 fully saturated rings. The zero-order valence-electron chi connectivity index (χ0n) is 10.9. The fourth-order valence-corrected chi connectivity index (χ4v) is 3.29. The molecule has 0 aromatic rings. The van der Waals surface area contributed by atoms with Gasteiger partial charge in [0.05, 0.1) is 17.1 Å². The highest BCUT2D eigenvalue weighted by Gasteiger charge is 2.31. The second-order valence-corrected chi connectivity index (χ2v) is 7.68. The van der Waals surface area contributed by atoms with E-state index >= 15 is 0 Å². The normalized spacial score (nSPS) is 24.7. The molecule has 0 spiro atoms. The van der Waals surface area contributed by atoms with Gasteiger partial charge < -0.3 is 9.64 Å². The minimum Gasteiger partial charge on any atom is -0.366 e. The van der Waals surface area contributed by atoms with E-state index in [2.05, 4.69) is 0 Å². The Bertz CT molecular complexity index is 383. The van der Waals surface area contributed by atoms with Gasteiger partial charge in [0.1, 0.15) is 6.61 Å². The lowest BCUT2D eigenvalue weighted by atomic mass is 10.2. The molecule has 0 saturated carbocycles. The zero-order valence-corrected chi connectivity index (χ0v) is 11.7. The number of hydrogen-bond acceptors (Lipinski definition) is 4. The average molecular weight is 263 g/mol. The van der Waals surface area contributed by atoms with Crippen molar-refractivity contribution in [1.82, 2.24) is 4.90 Å². The van der Waals surface area contributed by atoms with Gasteiger partial charge in [-0.2, -0.15) is 0 Å². The quantitative estimate of drug-likeness (QED) is 0.725. The van der Waals surface area contributed by atoms with Crippen LogP contribution in [0.25, 0.3) is 0 Å². The van der Waals surface area contributed by atoms with Crippen molar-refractivity contribution in [2.45, 2.75) is 39.3 Å². The van der Waals surface area contributed by atoms with E-state index in [1.54, 1.807) is 11.8 Å². The number of nitrogens with zero attached hydrogens (tertiary/aromatic N) is 1. The Morgan fingerprint density at radius 3 is 2.47 bits per heavy atom. The van der Waals surface area contributed by atoms with Crippen molar-refractivity contribution in [3.8, 4) is 0 Å². The molecule has 0 aromatic carbocycles. The third kappa shape index (κ3) is 4.63. The van der Waals surface area contributed by atoms with Crippen LogP contribution in [-0.2, 0) is 19.4 Å². The lowest BCUT2D eigenvalue weighted by Crippen LogP contribution is -2.51. The Labute approximate surface area is 103 Å². The molecule has 1 aliphatic rings. The first-order valence-corrected chi connectivity index (χ1v) is 7.57. The Balaban J connectivity index is 2.54. The van der Waals surface area contributed by atoms with Crippen molar-refractivity contribution in [1.29, 1.82) is 0 Å². The van der Waals surface area contributed by atoms with E-state index in [4.69, 9.17) is 4.74 Å². The fourth-order valence-electron chi connectivity index (χ4n) is 1.73. The second kappa shape index (κ2) is 4.94. The fraction of sp³-hybridized carbons (Fsp3) is 0.909. The summed E-state index contributed by atoms with van der Waals surface area (Å²) in [6.45, 7) is 7.68. The monoisotopic (exact) mass is 263 g/mol. The number of carbonyl (C=O) groups excluding carboxylic acids is 1. The van der Waals surface area contributed by atoms with Crippen LogP contribution >= 0.6 is 0 Å². The Hall–Kier alpha value is -0.620. The number of sulfone groups is 1. The summed E-state index contributed by atoms with van der Waals surface area (Å²) in [6, 6.07) is -0.259. The maximum atomic E-state index is 11.9. The van der Waals surface area contributed by atoms with Gasteiger partial charge in [-0.15, -0.1) is 0 Å². The van der Waals surface area contributed by atoms with E-state index < -0.39 is 9.84 Å². The van der Waals surface area contributed by atoms with Crippen molar-refractivity contribution >= 4 is 15.7 Å². The lowest BCUT2D eigenvalue weighted by Gasteiger charge is -2.33. The summed E-state index contributed by atoms with van der Waals surface area (Å²) in [5, 5.41) is 0. The van der Waals surface area contributed by atoms with Gasteiger partial charge in [0, 0.05) is 12.6 Å². The first-order valence-electron chi connectivity index (χ1n) is 5.74. The summed E-state index contributed by atoms with van der Waals surface area (Å²) in [4.78, 5) is 13.5. The van der Waals surface area contributed by atoms with Gasteiger partial charge in [0.2, 0.25) is 5.91 Å². The summed E-state index contributed by atoms with van der Waals surface area (Å²) in [5.41, 5.74) is -0.360. The first kappa shape index (κ1) is 14.4. The van der Waals surface area contributed by atoms with E-state index in [0.29, 0.717) is 0 Å². The van der Waals surface area contributed by atoms with Gasteiger partial charge in [-0.05, 0) is 27.7 Å². The summed E-state index contributed by atoms with van der Waals surface area (Å²) in [5.74, 6) is -0.0327. The minimum atomic E-state index is -2.98. The van der Waals surface area contributed by atoms with Crippen LogP contribution < -0.4 is 0 Å². The molecule has 1 unspecified atom stereocenters. The molecule has 0 N–H and O–H groups in total. The number of ether oxygens (including phenoxy) is 1. The van der Waals surface area contributed by atoms with Crippen LogP contribution in [0.3, 0.4) is 0 Å². The van der Waals surface area contributed by atoms with Crippen LogP contribution in [0.1, 0.15) is 27.7 Å². The molecule has 1 atom stereocenters. The standard InChI is InChI=1S/C11H21NO4S/c1-9-8-17(14,15)6-5-12(9)10(13)7-16-11(2,3)4/h9H,5-8H2,1-4H3. The van der Waals surface area contributed by atoms with Crippen LogP contribution in [0, 0.1) is 0 Å².